The van der Waals surface area contributed by atoms with Gasteiger partial charge in [0.2, 0.25) is 10.0 Å². The van der Waals surface area contributed by atoms with Crippen LogP contribution >= 0.6 is 11.8 Å². The molecule has 1 aromatic heterocycles. The standard InChI is InChI=1S/C17H23N3O2S2/c1-3-19-13-10-18-17(19)14-8-11-20(12-9-14)24(21,22)16-6-4-15(23-2)5-7-16/h4-7,10,13-14H,3,8-9,11-12H2,1-2H3. The lowest BCUT2D eigenvalue weighted by atomic mass is 9.97. The lowest BCUT2D eigenvalue weighted by Crippen LogP contribution is -2.38. The number of nitrogens with zero attached hydrogens (tertiary/aromatic N) is 3. The lowest BCUT2D eigenvalue weighted by Gasteiger charge is -2.31. The van der Waals surface area contributed by atoms with Gasteiger partial charge in [-0.2, -0.15) is 4.31 Å². The maximum atomic E-state index is 12.8. The number of aryl methyl sites for hydroxylation is 1. The molecule has 2 heterocycles. The molecule has 1 aliphatic rings. The molecule has 1 aromatic carbocycles. The average Bonchev–Trinajstić information content (AvgIpc) is 3.10. The summed E-state index contributed by atoms with van der Waals surface area (Å²) in [6.07, 6.45) is 7.44. The van der Waals surface area contributed by atoms with E-state index in [9.17, 15) is 8.42 Å². The third-order valence-electron chi connectivity index (χ3n) is 4.60. The summed E-state index contributed by atoms with van der Waals surface area (Å²) < 4.78 is 29.4. The fourth-order valence-electron chi connectivity index (χ4n) is 3.20. The quantitative estimate of drug-likeness (QED) is 0.764. The van der Waals surface area contributed by atoms with Crippen LogP contribution in [0.3, 0.4) is 0 Å². The van der Waals surface area contributed by atoms with Crippen LogP contribution in [0.5, 0.6) is 0 Å². The Labute approximate surface area is 148 Å². The number of aromatic nitrogens is 2. The predicted molar refractivity (Wildman–Crippen MR) is 96.9 cm³/mol. The van der Waals surface area contributed by atoms with E-state index in [-0.39, 0.29) is 0 Å². The fraction of sp³-hybridized carbons (Fsp3) is 0.471. The molecule has 1 fully saturated rings. The van der Waals surface area contributed by atoms with Crippen molar-refractivity contribution in [3.63, 3.8) is 0 Å². The molecule has 0 amide bonds. The number of hydrogen-bond acceptors (Lipinski definition) is 4. The molecular formula is C17H23N3O2S2. The summed E-state index contributed by atoms with van der Waals surface area (Å²) in [4.78, 5) is 5.92. The fourth-order valence-corrected chi connectivity index (χ4v) is 5.08. The monoisotopic (exact) mass is 365 g/mol. The molecule has 2 aromatic rings. The summed E-state index contributed by atoms with van der Waals surface area (Å²) in [6.45, 7) is 4.10. The molecule has 0 aliphatic carbocycles. The minimum Gasteiger partial charge on any atom is -0.335 e. The normalized spacial score (nSPS) is 17.2. The van der Waals surface area contributed by atoms with Crippen molar-refractivity contribution in [2.24, 2.45) is 0 Å². The van der Waals surface area contributed by atoms with Crippen LogP contribution in [-0.4, -0.2) is 41.6 Å². The number of piperidine rings is 1. The maximum absolute atomic E-state index is 12.8. The van der Waals surface area contributed by atoms with E-state index in [1.165, 1.54) is 0 Å². The summed E-state index contributed by atoms with van der Waals surface area (Å²) in [7, 11) is -3.40. The second kappa shape index (κ2) is 7.29. The molecule has 5 nitrogen and oxygen atoms in total. The van der Waals surface area contributed by atoms with E-state index in [0.717, 1.165) is 30.1 Å². The Kier molecular flexibility index (Phi) is 5.32. The number of hydrogen-bond donors (Lipinski definition) is 0. The van der Waals surface area contributed by atoms with Gasteiger partial charge in [-0.05, 0) is 50.3 Å². The summed E-state index contributed by atoms with van der Waals surface area (Å²) in [5, 5.41) is 0. The minimum atomic E-state index is -3.40. The highest BCUT2D eigenvalue weighted by molar-refractivity contribution is 7.98. The molecule has 0 saturated carbocycles. The van der Waals surface area contributed by atoms with E-state index < -0.39 is 10.0 Å². The summed E-state index contributed by atoms with van der Waals surface area (Å²) in [6, 6.07) is 7.14. The van der Waals surface area contributed by atoms with Gasteiger partial charge in [-0.15, -0.1) is 11.8 Å². The van der Waals surface area contributed by atoms with E-state index in [2.05, 4.69) is 16.5 Å². The third kappa shape index (κ3) is 3.38. The van der Waals surface area contributed by atoms with Crippen molar-refractivity contribution in [2.45, 2.75) is 42.0 Å². The van der Waals surface area contributed by atoms with Gasteiger partial charge in [-0.3, -0.25) is 0 Å². The van der Waals surface area contributed by atoms with Crippen molar-refractivity contribution < 1.29 is 8.42 Å². The summed E-state index contributed by atoms with van der Waals surface area (Å²) >= 11 is 1.61. The Bertz CT molecular complexity index is 776. The third-order valence-corrected chi connectivity index (χ3v) is 7.26. The molecule has 3 rings (SSSR count). The van der Waals surface area contributed by atoms with Crippen LogP contribution in [0.1, 0.15) is 31.5 Å². The molecule has 0 N–H and O–H groups in total. The zero-order chi connectivity index (χ0) is 17.2. The molecule has 24 heavy (non-hydrogen) atoms. The van der Waals surface area contributed by atoms with Gasteiger partial charge in [0.1, 0.15) is 5.82 Å². The van der Waals surface area contributed by atoms with Gasteiger partial charge in [-0.25, -0.2) is 13.4 Å². The van der Waals surface area contributed by atoms with Gasteiger partial charge in [0.05, 0.1) is 4.90 Å². The molecule has 0 radical (unpaired) electrons. The highest BCUT2D eigenvalue weighted by atomic mass is 32.2. The van der Waals surface area contributed by atoms with Crippen molar-refractivity contribution in [3.05, 3.63) is 42.5 Å². The number of rotatable bonds is 5. The SMILES string of the molecule is CCn1ccnc1C1CCN(S(=O)(=O)c2ccc(SC)cc2)CC1. The first-order valence-corrected chi connectivity index (χ1v) is 10.9. The Hall–Kier alpha value is -1.31. The number of benzene rings is 1. The molecule has 0 spiro atoms. The van der Waals surface area contributed by atoms with E-state index in [1.807, 2.05) is 30.8 Å². The summed E-state index contributed by atoms with van der Waals surface area (Å²) in [5.74, 6) is 1.42. The van der Waals surface area contributed by atoms with Gasteiger partial charge in [0.25, 0.3) is 0 Å². The zero-order valence-corrected chi connectivity index (χ0v) is 15.7. The van der Waals surface area contributed by atoms with Gasteiger partial charge < -0.3 is 4.57 Å². The molecule has 0 atom stereocenters. The molecule has 0 unspecified atom stereocenters. The topological polar surface area (TPSA) is 55.2 Å². The average molecular weight is 366 g/mol. The Morgan fingerprint density at radius 2 is 1.88 bits per heavy atom. The van der Waals surface area contributed by atoms with Crippen LogP contribution < -0.4 is 0 Å². The Morgan fingerprint density at radius 1 is 1.21 bits per heavy atom. The molecule has 130 valence electrons. The number of sulfonamides is 1. The maximum Gasteiger partial charge on any atom is 0.243 e. The van der Waals surface area contributed by atoms with Crippen LogP contribution in [0.15, 0.2) is 46.5 Å². The van der Waals surface area contributed by atoms with Crippen LogP contribution in [0.25, 0.3) is 0 Å². The lowest BCUT2D eigenvalue weighted by molar-refractivity contribution is 0.309. The molecule has 1 aliphatic heterocycles. The van der Waals surface area contributed by atoms with Crippen molar-refractivity contribution >= 4 is 21.8 Å². The first-order chi connectivity index (χ1) is 11.6. The smallest absolute Gasteiger partial charge is 0.243 e. The van der Waals surface area contributed by atoms with Crippen LogP contribution in [0, 0.1) is 0 Å². The highest BCUT2D eigenvalue weighted by Gasteiger charge is 2.31. The van der Waals surface area contributed by atoms with Gasteiger partial charge in [-0.1, -0.05) is 0 Å². The van der Waals surface area contributed by atoms with Gasteiger partial charge in [0, 0.05) is 42.8 Å². The summed E-state index contributed by atoms with van der Waals surface area (Å²) in [5.41, 5.74) is 0. The molecule has 7 heteroatoms. The van der Waals surface area contributed by atoms with E-state index in [0.29, 0.717) is 23.9 Å². The van der Waals surface area contributed by atoms with Crippen LogP contribution in [0.2, 0.25) is 0 Å². The predicted octanol–water partition coefficient (Wildman–Crippen LogP) is 3.19. The van der Waals surface area contributed by atoms with Crippen LogP contribution in [0.4, 0.5) is 0 Å². The zero-order valence-electron chi connectivity index (χ0n) is 14.1. The molecule has 1 saturated heterocycles. The number of imidazole rings is 1. The van der Waals surface area contributed by atoms with Gasteiger partial charge in [0.15, 0.2) is 0 Å². The van der Waals surface area contributed by atoms with E-state index in [4.69, 9.17) is 0 Å². The van der Waals surface area contributed by atoms with Crippen molar-refractivity contribution in [2.75, 3.05) is 19.3 Å². The van der Waals surface area contributed by atoms with Crippen molar-refractivity contribution in [3.8, 4) is 0 Å². The molecular weight excluding hydrogens is 342 g/mol. The first kappa shape index (κ1) is 17.5. The number of thioether (sulfide) groups is 1. The Balaban J connectivity index is 1.71. The van der Waals surface area contributed by atoms with E-state index in [1.54, 1.807) is 28.2 Å². The van der Waals surface area contributed by atoms with Crippen molar-refractivity contribution in [1.82, 2.24) is 13.9 Å². The minimum absolute atomic E-state index is 0.338. The highest BCUT2D eigenvalue weighted by Crippen LogP contribution is 2.30. The van der Waals surface area contributed by atoms with Gasteiger partial charge >= 0.3 is 0 Å². The second-order valence-electron chi connectivity index (χ2n) is 5.93. The van der Waals surface area contributed by atoms with Crippen LogP contribution in [-0.2, 0) is 16.6 Å². The molecule has 0 bridgehead atoms. The second-order valence-corrected chi connectivity index (χ2v) is 8.74. The largest absolute Gasteiger partial charge is 0.335 e. The Morgan fingerprint density at radius 3 is 2.46 bits per heavy atom. The first-order valence-electron chi connectivity index (χ1n) is 8.21. The van der Waals surface area contributed by atoms with Crippen molar-refractivity contribution in [1.29, 1.82) is 0 Å². The van der Waals surface area contributed by atoms with E-state index >= 15 is 0 Å².